The highest BCUT2D eigenvalue weighted by Gasteiger charge is 2.24. The Kier molecular flexibility index (Phi) is 5.87. The van der Waals surface area contributed by atoms with Crippen LogP contribution >= 0.6 is 0 Å². The molecule has 82 valence electrons. The lowest BCUT2D eigenvalue weighted by Crippen LogP contribution is -2.23. The van der Waals surface area contributed by atoms with Crippen LogP contribution in [0.3, 0.4) is 0 Å². The Balaban J connectivity index is 3.84. The highest BCUT2D eigenvalue weighted by atomic mass is 16.4. The van der Waals surface area contributed by atoms with E-state index >= 15 is 0 Å². The minimum Gasteiger partial charge on any atom is -0.481 e. The number of aliphatic hydroxyl groups is 1. The van der Waals surface area contributed by atoms with Gasteiger partial charge in [-0.1, -0.05) is 6.92 Å². The van der Waals surface area contributed by atoms with E-state index in [0.717, 1.165) is 0 Å². The number of carboxylic acids is 2. The van der Waals surface area contributed by atoms with Crippen molar-refractivity contribution in [3.63, 3.8) is 0 Å². The van der Waals surface area contributed by atoms with Crippen molar-refractivity contribution in [1.82, 2.24) is 0 Å². The molecule has 0 radical (unpaired) electrons. The SMILES string of the molecule is CCC(O)CCCC(C(=O)O)C(=O)O. The molecule has 0 saturated heterocycles. The topological polar surface area (TPSA) is 94.8 Å². The Morgan fingerprint density at radius 1 is 1.14 bits per heavy atom. The van der Waals surface area contributed by atoms with Crippen LogP contribution in [-0.2, 0) is 9.59 Å². The highest BCUT2D eigenvalue weighted by Crippen LogP contribution is 2.11. The Bertz CT molecular complexity index is 187. The van der Waals surface area contributed by atoms with Gasteiger partial charge in [0.2, 0.25) is 0 Å². The maximum Gasteiger partial charge on any atom is 0.317 e. The van der Waals surface area contributed by atoms with Gasteiger partial charge in [0.25, 0.3) is 0 Å². The minimum absolute atomic E-state index is 0.0712. The van der Waals surface area contributed by atoms with E-state index in [-0.39, 0.29) is 6.42 Å². The van der Waals surface area contributed by atoms with E-state index in [1.807, 2.05) is 6.92 Å². The quantitative estimate of drug-likeness (QED) is 0.531. The van der Waals surface area contributed by atoms with Crippen molar-refractivity contribution in [2.75, 3.05) is 0 Å². The average Bonchev–Trinajstić information content (AvgIpc) is 2.10. The summed E-state index contributed by atoms with van der Waals surface area (Å²) in [6.07, 6.45) is 1.08. The van der Waals surface area contributed by atoms with Crippen molar-refractivity contribution in [1.29, 1.82) is 0 Å². The number of aliphatic hydroxyl groups excluding tert-OH is 1. The van der Waals surface area contributed by atoms with E-state index in [2.05, 4.69) is 0 Å². The van der Waals surface area contributed by atoms with Crippen molar-refractivity contribution in [3.8, 4) is 0 Å². The molecule has 0 amide bonds. The fourth-order valence-electron chi connectivity index (χ4n) is 1.11. The van der Waals surface area contributed by atoms with Crippen molar-refractivity contribution in [2.45, 2.75) is 38.7 Å². The van der Waals surface area contributed by atoms with Gasteiger partial charge in [0.05, 0.1) is 6.10 Å². The lowest BCUT2D eigenvalue weighted by molar-refractivity contribution is -0.154. The van der Waals surface area contributed by atoms with Crippen LogP contribution in [0.2, 0.25) is 0 Å². The van der Waals surface area contributed by atoms with Crippen LogP contribution in [0.25, 0.3) is 0 Å². The summed E-state index contributed by atoms with van der Waals surface area (Å²) in [5, 5.41) is 26.2. The molecule has 0 aliphatic carbocycles. The van der Waals surface area contributed by atoms with E-state index in [1.54, 1.807) is 0 Å². The summed E-state index contributed by atoms with van der Waals surface area (Å²) < 4.78 is 0. The first-order valence-electron chi connectivity index (χ1n) is 4.62. The van der Waals surface area contributed by atoms with Gasteiger partial charge in [-0.2, -0.15) is 0 Å². The molecule has 1 atom stereocenters. The fraction of sp³-hybridized carbons (Fsp3) is 0.778. The number of hydrogen-bond donors (Lipinski definition) is 3. The zero-order valence-electron chi connectivity index (χ0n) is 8.14. The summed E-state index contributed by atoms with van der Waals surface area (Å²) in [7, 11) is 0. The molecule has 5 heteroatoms. The molecular formula is C9H16O5. The Morgan fingerprint density at radius 3 is 2.00 bits per heavy atom. The van der Waals surface area contributed by atoms with Gasteiger partial charge in [-0.15, -0.1) is 0 Å². The number of carbonyl (C=O) groups is 2. The number of carboxylic acid groups (broad SMARTS) is 2. The zero-order chi connectivity index (χ0) is 11.1. The molecule has 1 unspecified atom stereocenters. The minimum atomic E-state index is -1.35. The van der Waals surface area contributed by atoms with Crippen LogP contribution in [0.1, 0.15) is 32.6 Å². The summed E-state index contributed by atoms with van der Waals surface area (Å²) in [5.74, 6) is -3.98. The van der Waals surface area contributed by atoms with Crippen LogP contribution in [0.15, 0.2) is 0 Å². The lowest BCUT2D eigenvalue weighted by atomic mass is 10.0. The van der Waals surface area contributed by atoms with Crippen LogP contribution in [0.5, 0.6) is 0 Å². The molecule has 0 bridgehead atoms. The van der Waals surface area contributed by atoms with Crippen molar-refractivity contribution < 1.29 is 24.9 Å². The highest BCUT2D eigenvalue weighted by molar-refractivity contribution is 5.92. The van der Waals surface area contributed by atoms with E-state index in [9.17, 15) is 9.59 Å². The van der Waals surface area contributed by atoms with Gasteiger partial charge in [-0.25, -0.2) is 0 Å². The summed E-state index contributed by atoms with van der Waals surface area (Å²) in [6.45, 7) is 1.82. The molecule has 0 aromatic heterocycles. The number of rotatable bonds is 7. The molecule has 14 heavy (non-hydrogen) atoms. The van der Waals surface area contributed by atoms with Gasteiger partial charge in [-0.05, 0) is 25.7 Å². The largest absolute Gasteiger partial charge is 0.481 e. The number of aliphatic carboxylic acids is 2. The maximum atomic E-state index is 10.4. The average molecular weight is 204 g/mol. The lowest BCUT2D eigenvalue weighted by Gasteiger charge is -2.09. The van der Waals surface area contributed by atoms with E-state index < -0.39 is 24.0 Å². The Labute approximate surface area is 82.4 Å². The van der Waals surface area contributed by atoms with Gasteiger partial charge in [0.15, 0.2) is 5.92 Å². The molecule has 0 aliphatic rings. The van der Waals surface area contributed by atoms with E-state index in [4.69, 9.17) is 15.3 Å². The second-order valence-corrected chi connectivity index (χ2v) is 3.22. The van der Waals surface area contributed by atoms with Crippen molar-refractivity contribution in [3.05, 3.63) is 0 Å². The molecule has 5 nitrogen and oxygen atoms in total. The maximum absolute atomic E-state index is 10.4. The third-order valence-electron chi connectivity index (χ3n) is 2.10. The second-order valence-electron chi connectivity index (χ2n) is 3.22. The van der Waals surface area contributed by atoms with Gasteiger partial charge in [0, 0.05) is 0 Å². The molecule has 0 rings (SSSR count). The monoisotopic (exact) mass is 204 g/mol. The third-order valence-corrected chi connectivity index (χ3v) is 2.10. The number of hydrogen-bond acceptors (Lipinski definition) is 3. The van der Waals surface area contributed by atoms with Gasteiger partial charge in [-0.3, -0.25) is 9.59 Å². The second kappa shape index (κ2) is 6.37. The predicted octanol–water partition coefficient (Wildman–Crippen LogP) is 0.713. The van der Waals surface area contributed by atoms with E-state index in [0.29, 0.717) is 19.3 Å². The first-order valence-corrected chi connectivity index (χ1v) is 4.62. The van der Waals surface area contributed by atoms with Gasteiger partial charge < -0.3 is 15.3 Å². The van der Waals surface area contributed by atoms with Crippen LogP contribution in [-0.4, -0.2) is 33.4 Å². The molecule has 0 fully saturated rings. The van der Waals surface area contributed by atoms with Crippen molar-refractivity contribution >= 4 is 11.9 Å². The summed E-state index contributed by atoms with van der Waals surface area (Å²) in [4.78, 5) is 20.9. The fourth-order valence-corrected chi connectivity index (χ4v) is 1.11. The first kappa shape index (κ1) is 12.9. The van der Waals surface area contributed by atoms with Crippen molar-refractivity contribution in [2.24, 2.45) is 5.92 Å². The smallest absolute Gasteiger partial charge is 0.317 e. The molecule has 0 aromatic rings. The Morgan fingerprint density at radius 2 is 1.64 bits per heavy atom. The summed E-state index contributed by atoms with van der Waals surface area (Å²) in [5.41, 5.74) is 0. The van der Waals surface area contributed by atoms with Crippen LogP contribution in [0, 0.1) is 5.92 Å². The normalized spacial score (nSPS) is 12.8. The Hall–Kier alpha value is -1.10. The molecule has 0 saturated carbocycles. The molecule has 0 heterocycles. The molecule has 0 aliphatic heterocycles. The predicted molar refractivity (Wildman–Crippen MR) is 48.9 cm³/mol. The molecule has 0 spiro atoms. The van der Waals surface area contributed by atoms with Crippen LogP contribution in [0.4, 0.5) is 0 Å². The molecular weight excluding hydrogens is 188 g/mol. The zero-order valence-corrected chi connectivity index (χ0v) is 8.14. The van der Waals surface area contributed by atoms with Gasteiger partial charge >= 0.3 is 11.9 Å². The van der Waals surface area contributed by atoms with E-state index in [1.165, 1.54) is 0 Å². The summed E-state index contributed by atoms with van der Waals surface area (Å²) >= 11 is 0. The standard InChI is InChI=1S/C9H16O5/c1-2-6(10)4-3-5-7(8(11)12)9(13)14/h6-7,10H,2-5H2,1H3,(H,11,12)(H,13,14). The first-order chi connectivity index (χ1) is 6.49. The third kappa shape index (κ3) is 4.81. The molecule has 3 N–H and O–H groups in total. The molecule has 0 aromatic carbocycles. The summed E-state index contributed by atoms with van der Waals surface area (Å²) in [6, 6.07) is 0. The van der Waals surface area contributed by atoms with Gasteiger partial charge in [0.1, 0.15) is 0 Å². The van der Waals surface area contributed by atoms with Crippen LogP contribution < -0.4 is 0 Å².